The molecule has 0 bridgehead atoms. The second-order valence-corrected chi connectivity index (χ2v) is 3.63. The van der Waals surface area contributed by atoms with Crippen LogP contribution in [0.5, 0.6) is 0 Å². The first-order valence-electron chi connectivity index (χ1n) is 3.55. The van der Waals surface area contributed by atoms with Gasteiger partial charge in [0.15, 0.2) is 0 Å². The summed E-state index contributed by atoms with van der Waals surface area (Å²) in [4.78, 5) is 10.2. The summed E-state index contributed by atoms with van der Waals surface area (Å²) in [5, 5.41) is 11.7. The summed E-state index contributed by atoms with van der Waals surface area (Å²) >= 11 is 0. The molecule has 1 atom stereocenters. The topological polar surface area (TPSA) is 75.3 Å². The molecule has 0 aliphatic heterocycles. The van der Waals surface area contributed by atoms with Crippen molar-refractivity contribution < 1.29 is 9.90 Å². The van der Waals surface area contributed by atoms with Gasteiger partial charge in [-0.15, -0.1) is 0 Å². The van der Waals surface area contributed by atoms with E-state index in [-0.39, 0.29) is 12.0 Å². The molecule has 0 aliphatic carbocycles. The third-order valence-corrected chi connectivity index (χ3v) is 1.47. The fraction of sp³-hybridized carbons (Fsp3) is 0.857. The Morgan fingerprint density at radius 2 is 2.09 bits per heavy atom. The predicted molar refractivity (Wildman–Crippen MR) is 43.0 cm³/mol. The average molecular weight is 160 g/mol. The number of primary amides is 1. The highest BCUT2D eigenvalue weighted by atomic mass is 16.3. The summed E-state index contributed by atoms with van der Waals surface area (Å²) in [6.45, 7) is 5.87. The van der Waals surface area contributed by atoms with Crippen molar-refractivity contribution in [2.75, 3.05) is 6.54 Å². The molecule has 0 unspecified atom stereocenters. The van der Waals surface area contributed by atoms with Gasteiger partial charge >= 0.3 is 6.03 Å². The Labute approximate surface area is 66.8 Å². The molecular weight excluding hydrogens is 144 g/mol. The lowest BCUT2D eigenvalue weighted by Crippen LogP contribution is -2.41. The van der Waals surface area contributed by atoms with Gasteiger partial charge in [0.2, 0.25) is 0 Å². The Hall–Kier alpha value is -0.770. The molecule has 2 amide bonds. The van der Waals surface area contributed by atoms with Crippen LogP contribution >= 0.6 is 0 Å². The van der Waals surface area contributed by atoms with Crippen molar-refractivity contribution in [2.24, 2.45) is 11.1 Å². The van der Waals surface area contributed by atoms with Gasteiger partial charge in [0.05, 0.1) is 6.10 Å². The monoisotopic (exact) mass is 160 g/mol. The van der Waals surface area contributed by atoms with Gasteiger partial charge in [-0.05, 0) is 5.41 Å². The minimum absolute atomic E-state index is 0.207. The van der Waals surface area contributed by atoms with E-state index in [4.69, 9.17) is 5.73 Å². The molecule has 0 aromatic heterocycles. The lowest BCUT2D eigenvalue weighted by molar-refractivity contribution is 0.0653. The molecule has 0 saturated carbocycles. The molecule has 66 valence electrons. The Balaban J connectivity index is 3.70. The Bertz CT molecular complexity index is 140. The van der Waals surface area contributed by atoms with E-state index in [0.29, 0.717) is 0 Å². The second kappa shape index (κ2) is 3.57. The molecule has 0 fully saturated rings. The van der Waals surface area contributed by atoms with Crippen molar-refractivity contribution in [2.45, 2.75) is 26.9 Å². The van der Waals surface area contributed by atoms with Gasteiger partial charge in [-0.2, -0.15) is 0 Å². The van der Waals surface area contributed by atoms with Crippen molar-refractivity contribution >= 4 is 6.03 Å². The third-order valence-electron chi connectivity index (χ3n) is 1.47. The van der Waals surface area contributed by atoms with Crippen molar-refractivity contribution in [3.63, 3.8) is 0 Å². The van der Waals surface area contributed by atoms with E-state index in [1.165, 1.54) is 0 Å². The number of aliphatic hydroxyl groups excluding tert-OH is 1. The fourth-order valence-electron chi connectivity index (χ4n) is 0.503. The van der Waals surface area contributed by atoms with Crippen LogP contribution in [-0.2, 0) is 0 Å². The van der Waals surface area contributed by atoms with Gasteiger partial charge in [-0.3, -0.25) is 0 Å². The number of amides is 2. The van der Waals surface area contributed by atoms with Crippen molar-refractivity contribution in [1.29, 1.82) is 0 Å². The van der Waals surface area contributed by atoms with E-state index in [1.807, 2.05) is 20.8 Å². The maximum absolute atomic E-state index is 10.2. The zero-order valence-corrected chi connectivity index (χ0v) is 7.22. The van der Waals surface area contributed by atoms with E-state index >= 15 is 0 Å². The van der Waals surface area contributed by atoms with Gasteiger partial charge in [-0.1, -0.05) is 20.8 Å². The molecule has 0 heterocycles. The first-order valence-corrected chi connectivity index (χ1v) is 3.55. The summed E-state index contributed by atoms with van der Waals surface area (Å²) in [6, 6.07) is -0.603. The molecule has 0 aromatic rings. The van der Waals surface area contributed by atoms with Crippen molar-refractivity contribution in [3.8, 4) is 0 Å². The number of carbonyl (C=O) groups excluding carboxylic acids is 1. The number of hydrogen-bond acceptors (Lipinski definition) is 2. The second-order valence-electron chi connectivity index (χ2n) is 3.63. The summed E-state index contributed by atoms with van der Waals surface area (Å²) in [5.41, 5.74) is 4.60. The lowest BCUT2D eigenvalue weighted by atomic mass is 9.89. The maximum Gasteiger partial charge on any atom is 0.312 e. The van der Waals surface area contributed by atoms with Crippen LogP contribution in [0.4, 0.5) is 4.79 Å². The molecule has 0 spiro atoms. The quantitative estimate of drug-likeness (QED) is 0.534. The number of aliphatic hydroxyl groups is 1. The molecule has 4 nitrogen and oxygen atoms in total. The zero-order chi connectivity index (χ0) is 9.07. The van der Waals surface area contributed by atoms with Crippen LogP contribution in [0.3, 0.4) is 0 Å². The maximum atomic E-state index is 10.2. The third kappa shape index (κ3) is 4.61. The SMILES string of the molecule is CC(C)(C)[C@@H](O)CNC(N)=O. The summed E-state index contributed by atoms with van der Waals surface area (Å²) in [7, 11) is 0. The molecule has 0 aliphatic rings. The van der Waals surface area contributed by atoms with E-state index in [2.05, 4.69) is 5.32 Å². The Morgan fingerprint density at radius 1 is 1.64 bits per heavy atom. The summed E-state index contributed by atoms with van der Waals surface area (Å²) in [5.74, 6) is 0. The highest BCUT2D eigenvalue weighted by Crippen LogP contribution is 2.17. The standard InChI is InChI=1S/C7H16N2O2/c1-7(2,3)5(10)4-9-6(8)11/h5,10H,4H2,1-3H3,(H3,8,9,11)/t5-/m0/s1. The van der Waals surface area contributed by atoms with Crippen LogP contribution < -0.4 is 11.1 Å². The van der Waals surface area contributed by atoms with E-state index in [9.17, 15) is 9.90 Å². The normalized spacial score (nSPS) is 14.2. The molecule has 0 aromatic carbocycles. The first kappa shape index (κ1) is 10.2. The number of nitrogens with one attached hydrogen (secondary N) is 1. The largest absolute Gasteiger partial charge is 0.391 e. The van der Waals surface area contributed by atoms with Crippen LogP contribution in [0.2, 0.25) is 0 Å². The molecule has 0 rings (SSSR count). The van der Waals surface area contributed by atoms with E-state index < -0.39 is 12.1 Å². The number of nitrogens with two attached hydrogens (primary N) is 1. The van der Waals surface area contributed by atoms with Gasteiger partial charge in [0.25, 0.3) is 0 Å². The molecule has 11 heavy (non-hydrogen) atoms. The van der Waals surface area contributed by atoms with Crippen LogP contribution in [0.1, 0.15) is 20.8 Å². The van der Waals surface area contributed by atoms with E-state index in [1.54, 1.807) is 0 Å². The van der Waals surface area contributed by atoms with Crippen molar-refractivity contribution in [3.05, 3.63) is 0 Å². The van der Waals surface area contributed by atoms with Crippen LogP contribution in [0, 0.1) is 5.41 Å². The number of rotatable bonds is 2. The summed E-state index contributed by atoms with van der Waals surface area (Å²) < 4.78 is 0. The zero-order valence-electron chi connectivity index (χ0n) is 7.22. The minimum atomic E-state index is -0.603. The van der Waals surface area contributed by atoms with Crippen LogP contribution in [0.25, 0.3) is 0 Å². The first-order chi connectivity index (χ1) is 4.84. The Morgan fingerprint density at radius 3 is 2.36 bits per heavy atom. The van der Waals surface area contributed by atoms with Gasteiger partial charge in [-0.25, -0.2) is 4.79 Å². The summed E-state index contributed by atoms with van der Waals surface area (Å²) in [6.07, 6.45) is -0.560. The molecule has 0 saturated heterocycles. The van der Waals surface area contributed by atoms with Gasteiger partial charge in [0, 0.05) is 6.54 Å². The average Bonchev–Trinajstić information content (AvgIpc) is 1.80. The fourth-order valence-corrected chi connectivity index (χ4v) is 0.503. The highest BCUT2D eigenvalue weighted by Gasteiger charge is 2.21. The molecule has 4 heteroatoms. The van der Waals surface area contributed by atoms with E-state index in [0.717, 1.165) is 0 Å². The number of urea groups is 1. The van der Waals surface area contributed by atoms with Crippen molar-refractivity contribution in [1.82, 2.24) is 5.32 Å². The lowest BCUT2D eigenvalue weighted by Gasteiger charge is -2.25. The number of carbonyl (C=O) groups is 1. The van der Waals surface area contributed by atoms with Gasteiger partial charge < -0.3 is 16.2 Å². The van der Waals surface area contributed by atoms with Gasteiger partial charge in [0.1, 0.15) is 0 Å². The molecule has 0 radical (unpaired) electrons. The smallest absolute Gasteiger partial charge is 0.312 e. The van der Waals surface area contributed by atoms with Crippen LogP contribution in [-0.4, -0.2) is 23.8 Å². The molecule has 4 N–H and O–H groups in total. The minimum Gasteiger partial charge on any atom is -0.391 e. The Kier molecular flexibility index (Phi) is 3.32. The molecular formula is C7H16N2O2. The highest BCUT2D eigenvalue weighted by molar-refractivity contribution is 5.71. The van der Waals surface area contributed by atoms with Crippen LogP contribution in [0.15, 0.2) is 0 Å². The predicted octanol–water partition coefficient (Wildman–Crippen LogP) is 0.0617. The number of hydrogen-bond donors (Lipinski definition) is 3.